The summed E-state index contributed by atoms with van der Waals surface area (Å²) < 4.78 is 60.2. The maximum atomic E-state index is 13.4. The number of hydroxylamine groups is 1. The molecular weight excluding hydrogens is 515 g/mol. The number of nitrogens with one attached hydrogen (secondary N) is 2. The maximum Gasteiger partial charge on any atom is 0.490 e. The van der Waals surface area contributed by atoms with E-state index in [0.29, 0.717) is 12.1 Å². The Balaban J connectivity index is 0.000000505. The van der Waals surface area contributed by atoms with Crippen molar-refractivity contribution in [1.29, 1.82) is 0 Å². The molecule has 4 N–H and O–H groups in total. The van der Waals surface area contributed by atoms with Gasteiger partial charge in [-0.1, -0.05) is 18.2 Å². The quantitative estimate of drug-likeness (QED) is 0.184. The number of carboxylic acids is 1. The number of aryl methyl sites for hydroxylation is 2. The van der Waals surface area contributed by atoms with Crippen molar-refractivity contribution >= 4 is 11.9 Å². The van der Waals surface area contributed by atoms with Crippen LogP contribution in [0, 0.1) is 11.6 Å². The highest BCUT2D eigenvalue weighted by molar-refractivity contribution is 5.93. The van der Waals surface area contributed by atoms with Gasteiger partial charge in [0.2, 0.25) is 0 Å². The minimum Gasteiger partial charge on any atom is -0.475 e. The van der Waals surface area contributed by atoms with Crippen LogP contribution in [0.15, 0.2) is 55.0 Å². The van der Waals surface area contributed by atoms with Gasteiger partial charge < -0.3 is 15.0 Å². The van der Waals surface area contributed by atoms with Crippen molar-refractivity contribution in [3.05, 3.63) is 89.0 Å². The second kappa shape index (κ2) is 12.6. The number of nitrogens with zero attached hydrogens (tertiary/aromatic N) is 2. The van der Waals surface area contributed by atoms with Crippen molar-refractivity contribution < 1.29 is 41.9 Å². The van der Waals surface area contributed by atoms with E-state index in [1.165, 1.54) is 12.1 Å². The summed E-state index contributed by atoms with van der Waals surface area (Å²) in [6.07, 6.45) is 1.44. The summed E-state index contributed by atoms with van der Waals surface area (Å²) in [6.45, 7) is 1.46. The number of carbonyl (C=O) groups excluding carboxylic acids is 1. The fourth-order valence-corrected chi connectivity index (χ4v) is 3.74. The lowest BCUT2D eigenvalue weighted by atomic mass is 10.1. The lowest BCUT2D eigenvalue weighted by molar-refractivity contribution is -0.192. The van der Waals surface area contributed by atoms with Gasteiger partial charge in [0.25, 0.3) is 5.91 Å². The van der Waals surface area contributed by atoms with Gasteiger partial charge in [0.05, 0.1) is 12.0 Å². The summed E-state index contributed by atoms with van der Waals surface area (Å²) in [5.41, 5.74) is 4.92. The topological polar surface area (TPSA) is 116 Å². The second-order valence-electron chi connectivity index (χ2n) is 8.65. The first kappa shape index (κ1) is 28.7. The number of amides is 1. The molecule has 0 spiro atoms. The molecule has 38 heavy (non-hydrogen) atoms. The Morgan fingerprint density at radius 3 is 2.37 bits per heavy atom. The van der Waals surface area contributed by atoms with Crippen LogP contribution in [0.3, 0.4) is 0 Å². The molecule has 3 aromatic rings. The van der Waals surface area contributed by atoms with Crippen LogP contribution in [0.2, 0.25) is 0 Å². The van der Waals surface area contributed by atoms with Gasteiger partial charge in [-0.25, -0.2) is 24.0 Å². The molecular formula is C25H25F5N4O4. The third-order valence-electron chi connectivity index (χ3n) is 5.84. The summed E-state index contributed by atoms with van der Waals surface area (Å²) in [7, 11) is 0. The first-order valence-electron chi connectivity index (χ1n) is 11.5. The zero-order valence-corrected chi connectivity index (χ0v) is 19.9. The first-order chi connectivity index (χ1) is 18.0. The van der Waals surface area contributed by atoms with Gasteiger partial charge >= 0.3 is 12.1 Å². The molecule has 1 heterocycles. The number of aromatic nitrogens is 2. The minimum atomic E-state index is -5.08. The SMILES string of the molecule is O=C(NO)c1ccc(CCCn2cnc(CNC3CC3c3ccc(F)c(F)c3)c2)cc1.O=C(O)C(F)(F)F. The molecule has 1 fully saturated rings. The van der Waals surface area contributed by atoms with Gasteiger partial charge in [-0.3, -0.25) is 10.0 Å². The molecule has 13 heteroatoms. The molecule has 1 aromatic heterocycles. The van der Waals surface area contributed by atoms with Crippen LogP contribution in [0.5, 0.6) is 0 Å². The van der Waals surface area contributed by atoms with Crippen LogP contribution >= 0.6 is 0 Å². The number of aliphatic carboxylic acids is 1. The van der Waals surface area contributed by atoms with E-state index >= 15 is 0 Å². The van der Waals surface area contributed by atoms with E-state index < -0.39 is 29.7 Å². The number of carbonyl (C=O) groups is 2. The van der Waals surface area contributed by atoms with E-state index in [9.17, 15) is 26.7 Å². The molecule has 2 aromatic carbocycles. The molecule has 2 atom stereocenters. The summed E-state index contributed by atoms with van der Waals surface area (Å²) in [5.74, 6) is -4.67. The van der Waals surface area contributed by atoms with Crippen LogP contribution in [-0.2, 0) is 24.3 Å². The monoisotopic (exact) mass is 540 g/mol. The van der Waals surface area contributed by atoms with Gasteiger partial charge in [-0.15, -0.1) is 0 Å². The van der Waals surface area contributed by atoms with Crippen molar-refractivity contribution in [3.8, 4) is 0 Å². The second-order valence-corrected chi connectivity index (χ2v) is 8.65. The summed E-state index contributed by atoms with van der Waals surface area (Å²) >= 11 is 0. The van der Waals surface area contributed by atoms with Crippen molar-refractivity contribution in [2.75, 3.05) is 0 Å². The van der Waals surface area contributed by atoms with Gasteiger partial charge in [0.1, 0.15) is 0 Å². The molecule has 1 saturated carbocycles. The van der Waals surface area contributed by atoms with E-state index in [4.69, 9.17) is 15.1 Å². The third-order valence-corrected chi connectivity index (χ3v) is 5.84. The van der Waals surface area contributed by atoms with Gasteiger partial charge in [-0.2, -0.15) is 13.2 Å². The molecule has 0 saturated heterocycles. The number of imidazole rings is 1. The molecule has 2 unspecified atom stereocenters. The molecule has 1 aliphatic carbocycles. The fourth-order valence-electron chi connectivity index (χ4n) is 3.74. The smallest absolute Gasteiger partial charge is 0.475 e. The first-order valence-corrected chi connectivity index (χ1v) is 11.5. The number of halogens is 5. The van der Waals surface area contributed by atoms with Crippen molar-refractivity contribution in [2.24, 2.45) is 0 Å². The molecule has 8 nitrogen and oxygen atoms in total. The van der Waals surface area contributed by atoms with Crippen LogP contribution in [0.4, 0.5) is 22.0 Å². The van der Waals surface area contributed by atoms with E-state index in [0.717, 1.165) is 42.6 Å². The van der Waals surface area contributed by atoms with E-state index in [2.05, 4.69) is 10.3 Å². The van der Waals surface area contributed by atoms with E-state index in [1.807, 2.05) is 29.2 Å². The number of alkyl halides is 3. The largest absolute Gasteiger partial charge is 0.490 e. The molecule has 1 amide bonds. The van der Waals surface area contributed by atoms with E-state index in [-0.39, 0.29) is 12.0 Å². The molecule has 1 aliphatic rings. The van der Waals surface area contributed by atoms with Crippen molar-refractivity contribution in [2.45, 2.75) is 50.5 Å². The lowest BCUT2D eigenvalue weighted by Gasteiger charge is -2.05. The lowest BCUT2D eigenvalue weighted by Crippen LogP contribution is -2.21. The highest BCUT2D eigenvalue weighted by atomic mass is 19.4. The Hall–Kier alpha value is -3.84. The zero-order chi connectivity index (χ0) is 27.9. The number of hydrogen-bond acceptors (Lipinski definition) is 5. The van der Waals surface area contributed by atoms with Crippen molar-refractivity contribution in [3.63, 3.8) is 0 Å². The average Bonchev–Trinajstić information content (AvgIpc) is 3.52. The van der Waals surface area contributed by atoms with Crippen molar-refractivity contribution in [1.82, 2.24) is 20.3 Å². The van der Waals surface area contributed by atoms with Gasteiger partial charge in [0, 0.05) is 36.8 Å². The van der Waals surface area contributed by atoms with Crippen LogP contribution in [0.25, 0.3) is 0 Å². The number of hydrogen-bond donors (Lipinski definition) is 4. The number of carboxylic acid groups (broad SMARTS) is 1. The molecule has 0 bridgehead atoms. The van der Waals surface area contributed by atoms with Gasteiger partial charge in [0.15, 0.2) is 11.6 Å². The summed E-state index contributed by atoms with van der Waals surface area (Å²) in [6, 6.07) is 11.5. The highest BCUT2D eigenvalue weighted by Gasteiger charge is 2.39. The van der Waals surface area contributed by atoms with Crippen LogP contribution < -0.4 is 10.8 Å². The fraction of sp³-hybridized carbons (Fsp3) is 0.320. The Kier molecular flexibility index (Phi) is 9.53. The predicted molar refractivity (Wildman–Crippen MR) is 124 cm³/mol. The van der Waals surface area contributed by atoms with Crippen LogP contribution in [0.1, 0.15) is 45.9 Å². The summed E-state index contributed by atoms with van der Waals surface area (Å²) in [4.78, 5) is 24.7. The standard InChI is InChI=1S/C23H24F2N4O2.C2HF3O2/c24-20-8-7-17(10-21(20)25)19-11-22(19)26-12-18-13-29(14-27-18)9-1-2-15-3-5-16(6-4-15)23(30)28-31;3-2(4,5)1(6)7/h3-8,10,13-14,19,22,26,31H,1-2,9,11-12H2,(H,28,30);(H,6,7). The molecule has 4 rings (SSSR count). The predicted octanol–water partition coefficient (Wildman–Crippen LogP) is 4.19. The molecule has 0 aliphatic heterocycles. The number of rotatable bonds is 9. The Morgan fingerprint density at radius 1 is 1.08 bits per heavy atom. The Labute approximate surface area is 214 Å². The highest BCUT2D eigenvalue weighted by Crippen LogP contribution is 2.41. The average molecular weight is 540 g/mol. The Bertz CT molecular complexity index is 1250. The maximum absolute atomic E-state index is 13.4. The summed E-state index contributed by atoms with van der Waals surface area (Å²) in [5, 5.41) is 19.2. The Morgan fingerprint density at radius 2 is 1.76 bits per heavy atom. The van der Waals surface area contributed by atoms with Gasteiger partial charge in [-0.05, 0) is 54.7 Å². The number of benzene rings is 2. The third kappa shape index (κ3) is 8.35. The normalized spacial score (nSPS) is 16.4. The minimum absolute atomic E-state index is 0.215. The molecule has 204 valence electrons. The molecule has 0 radical (unpaired) electrons. The van der Waals surface area contributed by atoms with Crippen LogP contribution in [-0.4, -0.2) is 44.0 Å². The zero-order valence-electron chi connectivity index (χ0n) is 19.9. The van der Waals surface area contributed by atoms with E-state index in [1.54, 1.807) is 23.7 Å².